The smallest absolute Gasteiger partial charge is 0.238 e. The fraction of sp³-hybridized carbons (Fsp3) is 0. The monoisotopic (exact) mass is 787 g/mol. The summed E-state index contributed by atoms with van der Waals surface area (Å²) >= 11 is 0. The number of rotatable bonds is 6. The van der Waals surface area contributed by atoms with Crippen LogP contribution in [0.2, 0.25) is 0 Å². The second kappa shape index (κ2) is 14.7. The van der Waals surface area contributed by atoms with E-state index in [0.717, 1.165) is 39.0 Å². The van der Waals surface area contributed by atoms with Gasteiger partial charge in [-0.15, -0.1) is 0 Å². The van der Waals surface area contributed by atoms with Crippen molar-refractivity contribution in [3.05, 3.63) is 164 Å². The summed E-state index contributed by atoms with van der Waals surface area (Å²) in [7, 11) is 13.4. The van der Waals surface area contributed by atoms with E-state index in [4.69, 9.17) is 15.0 Å². The highest BCUT2D eigenvalue weighted by molar-refractivity contribution is 6.59. The molecule has 286 valence electrons. The van der Waals surface area contributed by atoms with E-state index >= 15 is 0 Å². The normalized spacial score (nSPS) is 11.6. The van der Waals surface area contributed by atoms with Gasteiger partial charge in [-0.2, -0.15) is 9.97 Å². The van der Waals surface area contributed by atoms with Crippen molar-refractivity contribution in [2.24, 2.45) is 0 Å². The first-order valence-corrected chi connectivity index (χ1v) is 21.4. The zero-order chi connectivity index (χ0) is 42.2. The van der Waals surface area contributed by atoms with Crippen molar-refractivity contribution < 1.29 is 0 Å². The summed E-state index contributed by atoms with van der Waals surface area (Å²) in [5.74, 6) is 1.85. The standard InChI is InChI=1S/C51H39B6N5/c52-37-26-39(54)47-43(45(37)56)35-25-42-36(24-41(35)61(47)34-21-11-19-32(23-34)29-14-6-2-7-15-29)44-46(57)38(53)27-40(55)48(44)62(42)51-59-49(30-16-8-3-9-17-30)58-50(60-51)33-20-10-18-31(22-33)28-12-4-1-5-13-28/h1-27H,52-57H2. The average Bonchev–Trinajstić information content (AvgIpc) is 3.84. The molecule has 0 spiro atoms. The van der Waals surface area contributed by atoms with Crippen molar-refractivity contribution in [2.45, 2.75) is 0 Å². The topological polar surface area (TPSA) is 48.5 Å². The summed E-state index contributed by atoms with van der Waals surface area (Å²) in [5.41, 5.74) is 19.7. The fourth-order valence-electron chi connectivity index (χ4n) is 9.68. The van der Waals surface area contributed by atoms with Gasteiger partial charge in [0, 0.05) is 43.9 Å². The van der Waals surface area contributed by atoms with Gasteiger partial charge in [-0.1, -0.05) is 166 Å². The molecule has 8 aromatic carbocycles. The van der Waals surface area contributed by atoms with E-state index in [1.807, 2.05) is 24.3 Å². The average molecular weight is 787 g/mol. The van der Waals surface area contributed by atoms with Crippen LogP contribution in [0.15, 0.2) is 164 Å². The predicted molar refractivity (Wildman–Crippen MR) is 279 cm³/mol. The van der Waals surface area contributed by atoms with Gasteiger partial charge < -0.3 is 4.57 Å². The fourth-order valence-corrected chi connectivity index (χ4v) is 9.68. The van der Waals surface area contributed by atoms with Crippen molar-refractivity contribution >= 4 is 123 Å². The molecule has 0 aliphatic heterocycles. The molecule has 0 fully saturated rings. The van der Waals surface area contributed by atoms with Gasteiger partial charge in [0.1, 0.15) is 47.1 Å². The summed E-state index contributed by atoms with van der Waals surface area (Å²) in [5, 5.41) is 4.85. The van der Waals surface area contributed by atoms with Crippen LogP contribution in [0.4, 0.5) is 0 Å². The minimum absolute atomic E-state index is 0.591. The molecule has 0 saturated heterocycles. The molecule has 0 atom stereocenters. The van der Waals surface area contributed by atoms with Crippen LogP contribution in [0.5, 0.6) is 0 Å². The van der Waals surface area contributed by atoms with Gasteiger partial charge in [-0.25, -0.2) is 4.98 Å². The first-order chi connectivity index (χ1) is 30.2. The molecule has 0 amide bonds. The largest absolute Gasteiger partial charge is 0.310 e. The molecular weight excluding hydrogens is 747 g/mol. The van der Waals surface area contributed by atoms with Crippen LogP contribution in [-0.4, -0.2) is 71.2 Å². The second-order valence-electron chi connectivity index (χ2n) is 16.8. The van der Waals surface area contributed by atoms with Crippen molar-refractivity contribution in [1.82, 2.24) is 24.1 Å². The molecule has 5 nitrogen and oxygen atoms in total. The van der Waals surface area contributed by atoms with Crippen LogP contribution in [0.1, 0.15) is 0 Å². The molecule has 3 aromatic heterocycles. The van der Waals surface area contributed by atoms with Crippen LogP contribution < -0.4 is 32.8 Å². The Morgan fingerprint density at radius 3 is 1.34 bits per heavy atom. The van der Waals surface area contributed by atoms with Gasteiger partial charge in [0.25, 0.3) is 0 Å². The van der Waals surface area contributed by atoms with E-state index in [2.05, 4.69) is 196 Å². The van der Waals surface area contributed by atoms with Crippen molar-refractivity contribution in [2.75, 3.05) is 0 Å². The first kappa shape index (κ1) is 37.7. The summed E-state index contributed by atoms with van der Waals surface area (Å²) in [6.07, 6.45) is 0. The molecule has 62 heavy (non-hydrogen) atoms. The number of hydrogen-bond acceptors (Lipinski definition) is 3. The lowest BCUT2D eigenvalue weighted by molar-refractivity contribution is 0.955. The zero-order valence-corrected chi connectivity index (χ0v) is 35.8. The van der Waals surface area contributed by atoms with Crippen molar-refractivity contribution in [3.8, 4) is 56.7 Å². The van der Waals surface area contributed by atoms with Gasteiger partial charge >= 0.3 is 0 Å². The summed E-state index contributed by atoms with van der Waals surface area (Å²) < 4.78 is 4.80. The lowest BCUT2D eigenvalue weighted by Crippen LogP contribution is -2.31. The van der Waals surface area contributed by atoms with Crippen LogP contribution in [0.3, 0.4) is 0 Å². The molecule has 0 N–H and O–H groups in total. The lowest BCUT2D eigenvalue weighted by Gasteiger charge is -2.13. The van der Waals surface area contributed by atoms with E-state index in [0.29, 0.717) is 17.6 Å². The van der Waals surface area contributed by atoms with Crippen LogP contribution in [-0.2, 0) is 0 Å². The predicted octanol–water partition coefficient (Wildman–Crippen LogP) is 2.28. The first-order valence-electron chi connectivity index (χ1n) is 21.4. The highest BCUT2D eigenvalue weighted by Gasteiger charge is 2.25. The number of hydrogen-bond donors (Lipinski definition) is 0. The summed E-state index contributed by atoms with van der Waals surface area (Å²) in [6, 6.07) is 58.4. The Morgan fingerprint density at radius 1 is 0.339 bits per heavy atom. The number of benzene rings is 8. The maximum absolute atomic E-state index is 5.41. The van der Waals surface area contributed by atoms with Gasteiger partial charge in [0.05, 0.1) is 16.6 Å². The van der Waals surface area contributed by atoms with Gasteiger partial charge in [-0.3, -0.25) is 4.57 Å². The Kier molecular flexibility index (Phi) is 8.97. The Bertz CT molecular complexity index is 3590. The zero-order valence-electron chi connectivity index (χ0n) is 35.8. The van der Waals surface area contributed by atoms with Crippen LogP contribution >= 0.6 is 0 Å². The lowest BCUT2D eigenvalue weighted by atomic mass is 9.74. The Hall–Kier alpha value is -7.24. The molecule has 0 saturated carbocycles. The molecule has 0 bridgehead atoms. The molecule has 3 heterocycles. The van der Waals surface area contributed by atoms with E-state index in [1.54, 1.807) is 0 Å². The molecule has 11 rings (SSSR count). The highest BCUT2D eigenvalue weighted by Crippen LogP contribution is 2.38. The maximum Gasteiger partial charge on any atom is 0.238 e. The summed E-state index contributed by atoms with van der Waals surface area (Å²) in [4.78, 5) is 16.0. The van der Waals surface area contributed by atoms with E-state index in [9.17, 15) is 0 Å². The minimum atomic E-state index is 0.591. The Labute approximate surface area is 366 Å². The molecule has 11 heteroatoms. The number of aromatic nitrogens is 5. The molecular formula is C51H39B6N5. The third-order valence-corrected chi connectivity index (χ3v) is 12.9. The van der Waals surface area contributed by atoms with Crippen molar-refractivity contribution in [1.29, 1.82) is 0 Å². The van der Waals surface area contributed by atoms with E-state index in [-0.39, 0.29) is 0 Å². The number of fused-ring (bicyclic) bond motifs is 6. The highest BCUT2D eigenvalue weighted by atomic mass is 15.2. The molecule has 0 radical (unpaired) electrons. The van der Waals surface area contributed by atoms with E-state index in [1.165, 1.54) is 76.5 Å². The third-order valence-electron chi connectivity index (χ3n) is 12.9. The Balaban J connectivity index is 1.25. The maximum atomic E-state index is 5.41. The van der Waals surface area contributed by atoms with E-state index < -0.39 is 0 Å². The molecule has 11 aromatic rings. The number of nitrogens with zero attached hydrogens (tertiary/aromatic N) is 5. The Morgan fingerprint density at radius 2 is 0.774 bits per heavy atom. The van der Waals surface area contributed by atoms with Crippen LogP contribution in [0.25, 0.3) is 100 Å². The SMILES string of the molecule is Bc1cc(B)c2c(c1B)c1cc3c(cc1n2-c1cccc(-c2ccccc2)c1)c1c(B)c(B)cc(B)c1n3-c1nc(-c2ccccc2)nc(-c2cccc(-c3ccccc3)c2)n1. The minimum Gasteiger partial charge on any atom is -0.310 e. The molecule has 0 unspecified atom stereocenters. The third kappa shape index (κ3) is 6.06. The van der Waals surface area contributed by atoms with Gasteiger partial charge in [-0.05, 0) is 52.6 Å². The summed E-state index contributed by atoms with van der Waals surface area (Å²) in [6.45, 7) is 0. The van der Waals surface area contributed by atoms with Gasteiger partial charge in [0.15, 0.2) is 11.6 Å². The molecule has 0 aliphatic carbocycles. The quantitative estimate of drug-likeness (QED) is 0.244. The van der Waals surface area contributed by atoms with Crippen LogP contribution in [0, 0.1) is 0 Å². The molecule has 0 aliphatic rings. The van der Waals surface area contributed by atoms with Crippen molar-refractivity contribution in [3.63, 3.8) is 0 Å². The second-order valence-corrected chi connectivity index (χ2v) is 16.8. The van der Waals surface area contributed by atoms with Gasteiger partial charge in [0.2, 0.25) is 5.95 Å².